The molecule has 3 heterocycles. The van der Waals surface area contributed by atoms with Gasteiger partial charge in [-0.05, 0) is 35.7 Å². The molecule has 3 aromatic heterocycles. The van der Waals surface area contributed by atoms with Gasteiger partial charge in [-0.3, -0.25) is 9.67 Å². The predicted molar refractivity (Wildman–Crippen MR) is 94.3 cm³/mol. The lowest BCUT2D eigenvalue weighted by Gasteiger charge is -2.07. The van der Waals surface area contributed by atoms with Crippen molar-refractivity contribution >= 4 is 11.3 Å². The van der Waals surface area contributed by atoms with Crippen molar-refractivity contribution in [2.45, 2.75) is 6.54 Å². The van der Waals surface area contributed by atoms with E-state index >= 15 is 0 Å². The third kappa shape index (κ3) is 2.86. The molecule has 5 heteroatoms. The van der Waals surface area contributed by atoms with Crippen LogP contribution in [0.2, 0.25) is 0 Å². The van der Waals surface area contributed by atoms with Gasteiger partial charge in [0, 0.05) is 22.7 Å². The van der Waals surface area contributed by atoms with Crippen LogP contribution in [0.5, 0.6) is 0 Å². The Morgan fingerprint density at radius 3 is 2.62 bits per heavy atom. The van der Waals surface area contributed by atoms with E-state index in [1.807, 2.05) is 46.5 Å². The fourth-order valence-electron chi connectivity index (χ4n) is 2.61. The van der Waals surface area contributed by atoms with E-state index in [2.05, 4.69) is 15.5 Å². The molecular weight excluding hydrogens is 321 g/mol. The normalized spacial score (nSPS) is 10.9. The van der Waals surface area contributed by atoms with E-state index in [-0.39, 0.29) is 5.82 Å². The molecule has 4 rings (SSSR count). The van der Waals surface area contributed by atoms with E-state index in [1.54, 1.807) is 29.7 Å². The van der Waals surface area contributed by atoms with Gasteiger partial charge in [-0.15, -0.1) is 0 Å². The van der Waals surface area contributed by atoms with Crippen molar-refractivity contribution in [1.82, 2.24) is 14.8 Å². The lowest BCUT2D eigenvalue weighted by Crippen LogP contribution is -2.05. The first-order chi connectivity index (χ1) is 11.8. The number of halogens is 1. The van der Waals surface area contributed by atoms with Crippen molar-refractivity contribution in [2.24, 2.45) is 0 Å². The van der Waals surface area contributed by atoms with E-state index in [0.29, 0.717) is 12.1 Å². The Hall–Kier alpha value is -2.79. The molecule has 0 saturated heterocycles. The van der Waals surface area contributed by atoms with Gasteiger partial charge in [0.2, 0.25) is 0 Å². The van der Waals surface area contributed by atoms with Crippen LogP contribution < -0.4 is 0 Å². The van der Waals surface area contributed by atoms with Crippen LogP contribution in [0.4, 0.5) is 4.39 Å². The number of hydrogen-bond donors (Lipinski definition) is 0. The molecule has 0 fully saturated rings. The molecule has 0 spiro atoms. The van der Waals surface area contributed by atoms with Crippen LogP contribution in [-0.4, -0.2) is 14.8 Å². The minimum Gasteiger partial charge on any atom is -0.260 e. The predicted octanol–water partition coefficient (Wildman–Crippen LogP) is 4.86. The van der Waals surface area contributed by atoms with Gasteiger partial charge in [-0.1, -0.05) is 24.3 Å². The third-order valence-corrected chi connectivity index (χ3v) is 4.49. The van der Waals surface area contributed by atoms with Crippen LogP contribution in [0.25, 0.3) is 22.6 Å². The average Bonchev–Trinajstić information content (AvgIpc) is 3.27. The van der Waals surface area contributed by atoms with E-state index < -0.39 is 0 Å². The summed E-state index contributed by atoms with van der Waals surface area (Å²) in [6.45, 7) is 0.380. The number of hydrogen-bond acceptors (Lipinski definition) is 3. The quantitative estimate of drug-likeness (QED) is 0.533. The maximum atomic E-state index is 14.0. The molecule has 1 aromatic carbocycles. The lowest BCUT2D eigenvalue weighted by molar-refractivity contribution is 0.587. The highest BCUT2D eigenvalue weighted by Crippen LogP contribution is 2.27. The number of pyridine rings is 1. The van der Waals surface area contributed by atoms with Crippen molar-refractivity contribution in [2.75, 3.05) is 0 Å². The van der Waals surface area contributed by atoms with E-state index in [4.69, 9.17) is 0 Å². The minimum atomic E-state index is -0.219. The Kier molecular flexibility index (Phi) is 3.92. The van der Waals surface area contributed by atoms with Crippen LogP contribution in [0.3, 0.4) is 0 Å². The molecule has 0 bridgehead atoms. The van der Waals surface area contributed by atoms with Gasteiger partial charge in [-0.25, -0.2) is 4.39 Å². The van der Waals surface area contributed by atoms with E-state index in [0.717, 1.165) is 22.6 Å². The molecule has 0 unspecified atom stereocenters. The molecule has 0 saturated carbocycles. The second-order valence-electron chi connectivity index (χ2n) is 5.39. The van der Waals surface area contributed by atoms with E-state index in [9.17, 15) is 4.39 Å². The summed E-state index contributed by atoms with van der Waals surface area (Å²) in [6.07, 6.45) is 1.75. The Bertz CT molecular complexity index is 946. The van der Waals surface area contributed by atoms with E-state index in [1.165, 1.54) is 6.07 Å². The molecule has 0 radical (unpaired) electrons. The molecule has 0 aliphatic rings. The maximum Gasteiger partial charge on any atom is 0.128 e. The maximum absolute atomic E-state index is 14.0. The Balaban J connectivity index is 1.80. The van der Waals surface area contributed by atoms with Gasteiger partial charge < -0.3 is 0 Å². The Labute approximate surface area is 143 Å². The number of rotatable bonds is 4. The van der Waals surface area contributed by atoms with Crippen LogP contribution in [0.1, 0.15) is 5.56 Å². The first-order valence-electron chi connectivity index (χ1n) is 7.56. The summed E-state index contributed by atoms with van der Waals surface area (Å²) >= 11 is 1.63. The number of benzene rings is 1. The first kappa shape index (κ1) is 14.8. The van der Waals surface area contributed by atoms with Crippen LogP contribution in [0, 0.1) is 5.82 Å². The fraction of sp³-hybridized carbons (Fsp3) is 0.0526. The second-order valence-corrected chi connectivity index (χ2v) is 6.17. The van der Waals surface area contributed by atoms with Crippen molar-refractivity contribution in [3.05, 3.63) is 82.9 Å². The Morgan fingerprint density at radius 1 is 1.00 bits per heavy atom. The summed E-state index contributed by atoms with van der Waals surface area (Å²) in [4.78, 5) is 4.36. The van der Waals surface area contributed by atoms with Crippen LogP contribution in [0.15, 0.2) is 71.6 Å². The molecule has 0 aliphatic heterocycles. The zero-order chi connectivity index (χ0) is 16.4. The highest BCUT2D eigenvalue weighted by molar-refractivity contribution is 7.08. The lowest BCUT2D eigenvalue weighted by atomic mass is 10.2. The van der Waals surface area contributed by atoms with Gasteiger partial charge in [0.25, 0.3) is 0 Å². The smallest absolute Gasteiger partial charge is 0.128 e. The van der Waals surface area contributed by atoms with Crippen molar-refractivity contribution in [3.8, 4) is 22.6 Å². The third-order valence-electron chi connectivity index (χ3n) is 3.80. The second kappa shape index (κ2) is 6.37. The summed E-state index contributed by atoms with van der Waals surface area (Å²) in [5.41, 5.74) is 4.24. The molecule has 4 aromatic rings. The van der Waals surface area contributed by atoms with Crippen molar-refractivity contribution < 1.29 is 4.39 Å². The standard InChI is InChI=1S/C19H14FN3S/c20-16-6-2-1-5-14(16)12-23-19(15-8-10-24-13-15)11-18(22-23)17-7-3-4-9-21-17/h1-11,13H,12H2. The molecule has 24 heavy (non-hydrogen) atoms. The molecule has 0 aliphatic carbocycles. The number of thiophene rings is 1. The topological polar surface area (TPSA) is 30.7 Å². The van der Waals surface area contributed by atoms with Gasteiger partial charge in [-0.2, -0.15) is 16.4 Å². The zero-order valence-corrected chi connectivity index (χ0v) is 13.6. The highest BCUT2D eigenvalue weighted by atomic mass is 32.1. The van der Waals surface area contributed by atoms with Crippen molar-refractivity contribution in [3.63, 3.8) is 0 Å². The molecule has 3 nitrogen and oxygen atoms in total. The van der Waals surface area contributed by atoms with Gasteiger partial charge in [0.05, 0.1) is 17.9 Å². The molecule has 0 atom stereocenters. The summed E-state index contributed by atoms with van der Waals surface area (Å²) in [5.74, 6) is -0.219. The summed E-state index contributed by atoms with van der Waals surface area (Å²) in [6, 6.07) is 16.6. The molecular formula is C19H14FN3S. The summed E-state index contributed by atoms with van der Waals surface area (Å²) in [5, 5.41) is 8.76. The summed E-state index contributed by atoms with van der Waals surface area (Å²) < 4.78 is 15.9. The molecule has 118 valence electrons. The van der Waals surface area contributed by atoms with Crippen LogP contribution >= 0.6 is 11.3 Å². The largest absolute Gasteiger partial charge is 0.260 e. The zero-order valence-electron chi connectivity index (χ0n) is 12.8. The van der Waals surface area contributed by atoms with Gasteiger partial charge >= 0.3 is 0 Å². The summed E-state index contributed by atoms with van der Waals surface area (Å²) in [7, 11) is 0. The van der Waals surface area contributed by atoms with Crippen molar-refractivity contribution in [1.29, 1.82) is 0 Å². The molecule has 0 N–H and O–H groups in total. The average molecular weight is 335 g/mol. The fourth-order valence-corrected chi connectivity index (χ4v) is 3.26. The monoisotopic (exact) mass is 335 g/mol. The Morgan fingerprint density at radius 2 is 1.88 bits per heavy atom. The minimum absolute atomic E-state index is 0.219. The van der Waals surface area contributed by atoms with Gasteiger partial charge in [0.15, 0.2) is 0 Å². The SMILES string of the molecule is Fc1ccccc1Cn1nc(-c2ccccn2)cc1-c1ccsc1. The number of nitrogens with zero attached hydrogens (tertiary/aromatic N) is 3. The number of aromatic nitrogens is 3. The first-order valence-corrected chi connectivity index (χ1v) is 8.51. The van der Waals surface area contributed by atoms with Gasteiger partial charge in [0.1, 0.15) is 11.5 Å². The molecule has 0 amide bonds. The highest BCUT2D eigenvalue weighted by Gasteiger charge is 2.14. The van der Waals surface area contributed by atoms with Crippen LogP contribution in [-0.2, 0) is 6.54 Å².